The molecule has 0 radical (unpaired) electrons. The SMILES string of the molecule is Cc1c(NC(=O)COc2ccc(N(C)C(=O)c3ccccc3)cc2)c(=O)n(-c2ccccc2)n1C. The smallest absolute Gasteiger partial charge is 0.295 e. The van der Waals surface area contributed by atoms with Crippen LogP contribution in [0.1, 0.15) is 16.1 Å². The third kappa shape index (κ3) is 5.01. The molecule has 178 valence electrons. The van der Waals surface area contributed by atoms with Crippen LogP contribution in [0.5, 0.6) is 5.75 Å². The zero-order chi connectivity index (χ0) is 24.9. The minimum Gasteiger partial charge on any atom is -0.484 e. The van der Waals surface area contributed by atoms with Gasteiger partial charge in [-0.05, 0) is 55.5 Å². The van der Waals surface area contributed by atoms with Crippen molar-refractivity contribution in [3.63, 3.8) is 0 Å². The van der Waals surface area contributed by atoms with Crippen molar-refractivity contribution in [1.82, 2.24) is 9.36 Å². The summed E-state index contributed by atoms with van der Waals surface area (Å²) >= 11 is 0. The number of para-hydroxylation sites is 1. The van der Waals surface area contributed by atoms with Gasteiger partial charge in [0.05, 0.1) is 11.4 Å². The van der Waals surface area contributed by atoms with Crippen molar-refractivity contribution in [1.29, 1.82) is 0 Å². The minimum atomic E-state index is -0.448. The Kier molecular flexibility index (Phi) is 6.82. The molecular weight excluding hydrogens is 444 g/mol. The highest BCUT2D eigenvalue weighted by Gasteiger charge is 2.18. The quantitative estimate of drug-likeness (QED) is 0.446. The molecule has 0 spiro atoms. The topological polar surface area (TPSA) is 85.6 Å². The molecule has 0 bridgehead atoms. The maximum Gasteiger partial charge on any atom is 0.295 e. The Labute approximate surface area is 203 Å². The Balaban J connectivity index is 1.39. The molecule has 0 aliphatic rings. The van der Waals surface area contributed by atoms with E-state index < -0.39 is 5.91 Å². The number of carbonyl (C=O) groups excluding carboxylic acids is 2. The Morgan fingerprint density at radius 1 is 0.914 bits per heavy atom. The van der Waals surface area contributed by atoms with Gasteiger partial charge in [0.2, 0.25) is 0 Å². The number of nitrogens with zero attached hydrogens (tertiary/aromatic N) is 3. The van der Waals surface area contributed by atoms with Gasteiger partial charge >= 0.3 is 0 Å². The lowest BCUT2D eigenvalue weighted by Crippen LogP contribution is -2.26. The zero-order valence-electron chi connectivity index (χ0n) is 19.8. The molecule has 35 heavy (non-hydrogen) atoms. The van der Waals surface area contributed by atoms with E-state index in [-0.39, 0.29) is 23.8 Å². The maximum atomic E-state index is 12.9. The number of amides is 2. The number of carbonyl (C=O) groups is 2. The van der Waals surface area contributed by atoms with Crippen LogP contribution in [0.3, 0.4) is 0 Å². The molecule has 2 amide bonds. The Bertz CT molecular complexity index is 1390. The molecule has 0 atom stereocenters. The summed E-state index contributed by atoms with van der Waals surface area (Å²) in [5.41, 5.74) is 2.51. The van der Waals surface area contributed by atoms with Gasteiger partial charge in [-0.15, -0.1) is 0 Å². The Morgan fingerprint density at radius 3 is 2.14 bits per heavy atom. The van der Waals surface area contributed by atoms with Crippen molar-refractivity contribution < 1.29 is 14.3 Å². The van der Waals surface area contributed by atoms with Gasteiger partial charge in [-0.3, -0.25) is 19.1 Å². The van der Waals surface area contributed by atoms with Gasteiger partial charge in [0.25, 0.3) is 17.4 Å². The molecule has 1 aromatic heterocycles. The molecule has 0 saturated heterocycles. The van der Waals surface area contributed by atoms with Crippen molar-refractivity contribution in [3.8, 4) is 11.4 Å². The second-order valence-corrected chi connectivity index (χ2v) is 8.00. The predicted molar refractivity (Wildman–Crippen MR) is 135 cm³/mol. The maximum absolute atomic E-state index is 12.9. The number of aromatic nitrogens is 2. The van der Waals surface area contributed by atoms with Crippen LogP contribution < -0.4 is 20.5 Å². The molecular formula is C27H26N4O4. The molecule has 0 saturated carbocycles. The largest absolute Gasteiger partial charge is 0.484 e. The fourth-order valence-corrected chi connectivity index (χ4v) is 3.69. The number of rotatable bonds is 7. The van der Waals surface area contributed by atoms with Gasteiger partial charge < -0.3 is 15.0 Å². The standard InChI is InChI=1S/C27H26N4O4/c1-19-25(27(34)31(30(19)3)22-12-8-5-9-13-22)28-24(32)18-35-23-16-14-21(15-17-23)29(2)26(33)20-10-6-4-7-11-20/h4-17H,18H2,1-3H3,(H,28,32). The van der Waals surface area contributed by atoms with Crippen molar-refractivity contribution in [3.05, 3.63) is 107 Å². The van der Waals surface area contributed by atoms with Gasteiger partial charge in [0.1, 0.15) is 11.4 Å². The van der Waals surface area contributed by atoms with E-state index in [9.17, 15) is 14.4 Å². The van der Waals surface area contributed by atoms with Crippen LogP contribution in [0, 0.1) is 6.92 Å². The average molecular weight is 471 g/mol. The summed E-state index contributed by atoms with van der Waals surface area (Å²) in [7, 11) is 3.46. The van der Waals surface area contributed by atoms with Crippen LogP contribution in [-0.2, 0) is 11.8 Å². The Hall–Kier alpha value is -4.59. The number of anilines is 2. The second-order valence-electron chi connectivity index (χ2n) is 8.00. The molecule has 0 aliphatic heterocycles. The fourth-order valence-electron chi connectivity index (χ4n) is 3.69. The fraction of sp³-hybridized carbons (Fsp3) is 0.148. The summed E-state index contributed by atoms with van der Waals surface area (Å²) in [5, 5.41) is 2.67. The first kappa shape index (κ1) is 23.6. The first-order chi connectivity index (χ1) is 16.9. The lowest BCUT2D eigenvalue weighted by Gasteiger charge is -2.18. The van der Waals surface area contributed by atoms with Gasteiger partial charge in [-0.2, -0.15) is 0 Å². The molecule has 3 aromatic carbocycles. The monoisotopic (exact) mass is 470 g/mol. The summed E-state index contributed by atoms with van der Waals surface area (Å²) < 4.78 is 8.78. The van der Waals surface area contributed by atoms with Gasteiger partial charge in [0, 0.05) is 25.3 Å². The first-order valence-corrected chi connectivity index (χ1v) is 11.1. The molecule has 0 fully saturated rings. The van der Waals surface area contributed by atoms with Crippen LogP contribution in [0.25, 0.3) is 5.69 Å². The lowest BCUT2D eigenvalue weighted by atomic mass is 10.2. The van der Waals surface area contributed by atoms with Crippen molar-refractivity contribution >= 4 is 23.2 Å². The van der Waals surface area contributed by atoms with Crippen LogP contribution in [-0.4, -0.2) is 34.8 Å². The highest BCUT2D eigenvalue weighted by Crippen LogP contribution is 2.20. The van der Waals surface area contributed by atoms with Gasteiger partial charge in [-0.1, -0.05) is 36.4 Å². The highest BCUT2D eigenvalue weighted by atomic mass is 16.5. The predicted octanol–water partition coefficient (Wildman–Crippen LogP) is 3.78. The van der Waals surface area contributed by atoms with Crippen LogP contribution >= 0.6 is 0 Å². The summed E-state index contributed by atoms with van der Waals surface area (Å²) in [6.45, 7) is 1.50. The van der Waals surface area contributed by atoms with Crippen LogP contribution in [0.4, 0.5) is 11.4 Å². The van der Waals surface area contributed by atoms with E-state index in [0.717, 1.165) is 0 Å². The van der Waals surface area contributed by atoms with E-state index in [1.807, 2.05) is 48.5 Å². The average Bonchev–Trinajstić information content (AvgIpc) is 3.10. The van der Waals surface area contributed by atoms with E-state index in [0.29, 0.717) is 28.4 Å². The number of nitrogens with one attached hydrogen (secondary N) is 1. The van der Waals surface area contributed by atoms with E-state index in [2.05, 4.69) is 5.32 Å². The Morgan fingerprint density at radius 2 is 1.51 bits per heavy atom. The van der Waals surface area contributed by atoms with Crippen molar-refractivity contribution in [2.24, 2.45) is 7.05 Å². The molecule has 0 aliphatic carbocycles. The van der Waals surface area contributed by atoms with Crippen LogP contribution in [0.2, 0.25) is 0 Å². The second kappa shape index (κ2) is 10.1. The van der Waals surface area contributed by atoms with Crippen molar-refractivity contribution in [2.75, 3.05) is 23.9 Å². The van der Waals surface area contributed by atoms with E-state index in [1.54, 1.807) is 67.0 Å². The summed E-state index contributed by atoms with van der Waals surface area (Å²) in [6, 6.07) is 25.1. The van der Waals surface area contributed by atoms with E-state index in [4.69, 9.17) is 4.74 Å². The van der Waals surface area contributed by atoms with Gasteiger partial charge in [-0.25, -0.2) is 4.68 Å². The highest BCUT2D eigenvalue weighted by molar-refractivity contribution is 6.05. The molecule has 1 N–H and O–H groups in total. The molecule has 4 aromatic rings. The lowest BCUT2D eigenvalue weighted by molar-refractivity contribution is -0.118. The van der Waals surface area contributed by atoms with E-state index >= 15 is 0 Å². The molecule has 8 heteroatoms. The molecule has 8 nitrogen and oxygen atoms in total. The number of benzene rings is 3. The summed E-state index contributed by atoms with van der Waals surface area (Å²) in [5.74, 6) is -0.106. The van der Waals surface area contributed by atoms with Crippen molar-refractivity contribution in [2.45, 2.75) is 6.92 Å². The number of hydrogen-bond acceptors (Lipinski definition) is 4. The summed E-state index contributed by atoms with van der Waals surface area (Å²) in [4.78, 5) is 39.6. The van der Waals surface area contributed by atoms with Gasteiger partial charge in [0.15, 0.2) is 6.61 Å². The van der Waals surface area contributed by atoms with E-state index in [1.165, 1.54) is 4.68 Å². The molecule has 0 unspecified atom stereocenters. The zero-order valence-corrected chi connectivity index (χ0v) is 19.8. The minimum absolute atomic E-state index is 0.127. The normalized spacial score (nSPS) is 10.6. The number of ether oxygens (including phenoxy) is 1. The third-order valence-corrected chi connectivity index (χ3v) is 5.74. The third-order valence-electron chi connectivity index (χ3n) is 5.74. The molecule has 1 heterocycles. The van der Waals surface area contributed by atoms with Crippen LogP contribution in [0.15, 0.2) is 89.7 Å². The number of hydrogen-bond donors (Lipinski definition) is 1. The molecule has 4 rings (SSSR count). The first-order valence-electron chi connectivity index (χ1n) is 11.1. The summed E-state index contributed by atoms with van der Waals surface area (Å²) in [6.07, 6.45) is 0.